The van der Waals surface area contributed by atoms with Crippen molar-refractivity contribution >= 4 is 16.8 Å². The molecule has 5 nitrogen and oxygen atoms in total. The predicted molar refractivity (Wildman–Crippen MR) is 115 cm³/mol. The van der Waals surface area contributed by atoms with Crippen LogP contribution in [0.4, 0.5) is 0 Å². The summed E-state index contributed by atoms with van der Waals surface area (Å²) in [6.07, 6.45) is 2.98. The van der Waals surface area contributed by atoms with Crippen LogP contribution in [0, 0.1) is 0 Å². The maximum atomic E-state index is 13.0. The molecule has 29 heavy (non-hydrogen) atoms. The molecule has 0 aliphatic carbocycles. The number of benzene rings is 2. The molecule has 0 spiro atoms. The lowest BCUT2D eigenvalue weighted by Crippen LogP contribution is -2.35. The van der Waals surface area contributed by atoms with Gasteiger partial charge in [-0.15, -0.1) is 0 Å². The summed E-state index contributed by atoms with van der Waals surface area (Å²) in [6.45, 7) is 4.10. The van der Waals surface area contributed by atoms with Crippen LogP contribution in [0.5, 0.6) is 0 Å². The average Bonchev–Trinajstić information content (AvgIpc) is 3.03. The Morgan fingerprint density at radius 1 is 1.00 bits per heavy atom. The zero-order valence-corrected chi connectivity index (χ0v) is 16.6. The quantitative estimate of drug-likeness (QED) is 0.726. The van der Waals surface area contributed by atoms with Gasteiger partial charge >= 0.3 is 0 Å². The molecule has 3 aromatic rings. The highest BCUT2D eigenvalue weighted by Gasteiger charge is 2.21. The summed E-state index contributed by atoms with van der Waals surface area (Å²) >= 11 is 0. The van der Waals surface area contributed by atoms with Gasteiger partial charge in [-0.3, -0.25) is 9.78 Å². The summed E-state index contributed by atoms with van der Waals surface area (Å²) in [5.74, 6) is 0.0851. The molecule has 1 N–H and O–H groups in total. The van der Waals surface area contributed by atoms with E-state index in [2.05, 4.69) is 9.88 Å². The second kappa shape index (κ2) is 9.16. The summed E-state index contributed by atoms with van der Waals surface area (Å²) < 4.78 is 0. The number of hydrogen-bond donors (Lipinski definition) is 1. The molecule has 1 aromatic heterocycles. The molecule has 5 heteroatoms. The molecule has 1 aliphatic rings. The highest BCUT2D eigenvalue weighted by molar-refractivity contribution is 5.97. The third-order valence-electron chi connectivity index (χ3n) is 5.63. The zero-order chi connectivity index (χ0) is 20.1. The second-order valence-corrected chi connectivity index (χ2v) is 7.61. The third kappa shape index (κ3) is 4.81. The Morgan fingerprint density at radius 2 is 1.86 bits per heavy atom. The lowest BCUT2D eigenvalue weighted by atomic mass is 10.1. The number of aliphatic hydroxyl groups excluding tert-OH is 1. The molecule has 2 heterocycles. The number of pyridine rings is 1. The molecule has 0 saturated carbocycles. The molecule has 4 rings (SSSR count). The Bertz CT molecular complexity index is 961. The highest BCUT2D eigenvalue weighted by Crippen LogP contribution is 2.18. The fourth-order valence-corrected chi connectivity index (χ4v) is 3.94. The molecule has 2 aromatic carbocycles. The Balaban J connectivity index is 1.33. The maximum absolute atomic E-state index is 13.0. The van der Waals surface area contributed by atoms with Crippen molar-refractivity contribution < 1.29 is 9.90 Å². The van der Waals surface area contributed by atoms with Crippen LogP contribution in [0.15, 0.2) is 66.9 Å². The van der Waals surface area contributed by atoms with E-state index in [9.17, 15) is 9.90 Å². The number of nitrogens with zero attached hydrogens (tertiary/aromatic N) is 3. The molecule has 150 valence electrons. The zero-order valence-electron chi connectivity index (χ0n) is 16.6. The van der Waals surface area contributed by atoms with Gasteiger partial charge in [-0.1, -0.05) is 36.4 Å². The Kier molecular flexibility index (Phi) is 6.17. The third-order valence-corrected chi connectivity index (χ3v) is 5.63. The predicted octanol–water partition coefficient (Wildman–Crippen LogP) is 3.51. The first-order valence-corrected chi connectivity index (χ1v) is 10.3. The Morgan fingerprint density at radius 3 is 2.72 bits per heavy atom. The van der Waals surface area contributed by atoms with Gasteiger partial charge < -0.3 is 14.9 Å². The molecule has 0 unspecified atom stereocenters. The number of carbonyl (C=O) groups excluding carboxylic acids is 1. The van der Waals surface area contributed by atoms with Crippen LogP contribution < -0.4 is 0 Å². The van der Waals surface area contributed by atoms with E-state index in [1.165, 1.54) is 0 Å². The molecule has 1 atom stereocenters. The van der Waals surface area contributed by atoms with Crippen molar-refractivity contribution in [3.63, 3.8) is 0 Å². The van der Waals surface area contributed by atoms with Crippen LogP contribution in [0.3, 0.4) is 0 Å². The first kappa shape index (κ1) is 19.6. The summed E-state index contributed by atoms with van der Waals surface area (Å²) in [5.41, 5.74) is 2.59. The van der Waals surface area contributed by atoms with E-state index in [1.807, 2.05) is 65.6 Å². The van der Waals surface area contributed by atoms with Gasteiger partial charge in [0.15, 0.2) is 0 Å². The standard InChI is InChI=1S/C24H27N3O2/c28-23(19-6-2-1-3-7-19)11-15-26-13-5-14-27(17-16-26)24(29)21-9-10-22-20(18-21)8-4-12-25-22/h1-4,6-10,12,18,23,28H,5,11,13-17H2/t23-/m0/s1. The van der Waals surface area contributed by atoms with Crippen LogP contribution in [-0.4, -0.2) is 58.5 Å². The minimum atomic E-state index is -0.441. The van der Waals surface area contributed by atoms with Crippen molar-refractivity contribution in [1.29, 1.82) is 0 Å². The van der Waals surface area contributed by atoms with Gasteiger partial charge in [-0.05, 0) is 49.2 Å². The van der Waals surface area contributed by atoms with E-state index in [0.717, 1.165) is 54.6 Å². The first-order valence-electron chi connectivity index (χ1n) is 10.3. The number of rotatable bonds is 5. The lowest BCUT2D eigenvalue weighted by Gasteiger charge is -2.23. The van der Waals surface area contributed by atoms with E-state index >= 15 is 0 Å². The van der Waals surface area contributed by atoms with Gasteiger partial charge in [0.25, 0.3) is 5.91 Å². The van der Waals surface area contributed by atoms with Crippen LogP contribution in [0.1, 0.15) is 34.9 Å². The van der Waals surface area contributed by atoms with Crippen molar-refractivity contribution in [3.05, 3.63) is 78.0 Å². The smallest absolute Gasteiger partial charge is 0.253 e. The Hall–Kier alpha value is -2.76. The largest absolute Gasteiger partial charge is 0.388 e. The Labute approximate surface area is 171 Å². The van der Waals surface area contributed by atoms with Crippen molar-refractivity contribution in [3.8, 4) is 0 Å². The normalized spacial score (nSPS) is 16.5. The monoisotopic (exact) mass is 389 g/mol. The first-order chi connectivity index (χ1) is 14.2. The summed E-state index contributed by atoms with van der Waals surface area (Å²) in [5, 5.41) is 11.4. The number of carbonyl (C=O) groups is 1. The fourth-order valence-electron chi connectivity index (χ4n) is 3.94. The minimum Gasteiger partial charge on any atom is -0.388 e. The molecule has 0 radical (unpaired) electrons. The fraction of sp³-hybridized carbons (Fsp3) is 0.333. The van der Waals surface area contributed by atoms with Gasteiger partial charge in [-0.2, -0.15) is 0 Å². The molecular weight excluding hydrogens is 362 g/mol. The van der Waals surface area contributed by atoms with Crippen molar-refractivity contribution in [2.45, 2.75) is 18.9 Å². The molecule has 1 fully saturated rings. The number of aromatic nitrogens is 1. The van der Waals surface area contributed by atoms with Crippen molar-refractivity contribution in [2.24, 2.45) is 0 Å². The van der Waals surface area contributed by atoms with Gasteiger partial charge in [0.2, 0.25) is 0 Å². The maximum Gasteiger partial charge on any atom is 0.253 e. The number of amides is 1. The van der Waals surface area contributed by atoms with Gasteiger partial charge in [0.05, 0.1) is 11.6 Å². The molecular formula is C24H27N3O2. The molecule has 0 bridgehead atoms. The van der Waals surface area contributed by atoms with E-state index in [1.54, 1.807) is 6.20 Å². The van der Waals surface area contributed by atoms with Crippen LogP contribution >= 0.6 is 0 Å². The van der Waals surface area contributed by atoms with E-state index in [-0.39, 0.29) is 5.91 Å². The molecule has 1 aliphatic heterocycles. The van der Waals surface area contributed by atoms with E-state index in [4.69, 9.17) is 0 Å². The van der Waals surface area contributed by atoms with Crippen LogP contribution in [0.25, 0.3) is 10.9 Å². The summed E-state index contributed by atoms with van der Waals surface area (Å²) in [6, 6.07) is 19.4. The minimum absolute atomic E-state index is 0.0851. The SMILES string of the molecule is O=C(c1ccc2ncccc2c1)N1CCCN(CC[C@H](O)c2ccccc2)CC1. The second-order valence-electron chi connectivity index (χ2n) is 7.61. The number of fused-ring (bicyclic) bond motifs is 1. The molecule has 1 saturated heterocycles. The van der Waals surface area contributed by atoms with Crippen LogP contribution in [-0.2, 0) is 0 Å². The van der Waals surface area contributed by atoms with Crippen molar-refractivity contribution in [2.75, 3.05) is 32.7 Å². The lowest BCUT2D eigenvalue weighted by molar-refractivity contribution is 0.0759. The number of aliphatic hydroxyl groups is 1. The average molecular weight is 389 g/mol. The highest BCUT2D eigenvalue weighted by atomic mass is 16.3. The van der Waals surface area contributed by atoms with Crippen molar-refractivity contribution in [1.82, 2.24) is 14.8 Å². The van der Waals surface area contributed by atoms with Gasteiger partial charge in [0, 0.05) is 43.3 Å². The van der Waals surface area contributed by atoms with E-state index < -0.39 is 6.10 Å². The topological polar surface area (TPSA) is 56.7 Å². The molecule has 1 amide bonds. The van der Waals surface area contributed by atoms with Gasteiger partial charge in [0.1, 0.15) is 0 Å². The summed E-state index contributed by atoms with van der Waals surface area (Å²) in [4.78, 5) is 21.6. The van der Waals surface area contributed by atoms with E-state index in [0.29, 0.717) is 13.0 Å². The number of hydrogen-bond acceptors (Lipinski definition) is 4. The summed E-state index contributed by atoms with van der Waals surface area (Å²) in [7, 11) is 0. The van der Waals surface area contributed by atoms with Gasteiger partial charge in [-0.25, -0.2) is 0 Å². The van der Waals surface area contributed by atoms with Crippen LogP contribution in [0.2, 0.25) is 0 Å².